The summed E-state index contributed by atoms with van der Waals surface area (Å²) in [6.07, 6.45) is 3.02. The van der Waals surface area contributed by atoms with Gasteiger partial charge in [0.2, 0.25) is 5.91 Å². The minimum Gasteiger partial charge on any atom is -0.388 e. The van der Waals surface area contributed by atoms with Gasteiger partial charge >= 0.3 is 0 Å². The fraction of sp³-hybridized carbons (Fsp3) is 0.536. The number of aliphatic hydroxyl groups is 1. The van der Waals surface area contributed by atoms with E-state index in [0.717, 1.165) is 41.6 Å². The molecule has 3 rings (SSSR count). The summed E-state index contributed by atoms with van der Waals surface area (Å²) in [5, 5.41) is 16.5. The number of hydrogen-bond acceptors (Lipinski definition) is 4. The first-order valence-electron chi connectivity index (χ1n) is 12.7. The molecule has 1 aromatic carbocycles. The molecule has 0 aliphatic heterocycles. The highest BCUT2D eigenvalue weighted by atomic mass is 16.3. The molecule has 1 aromatic heterocycles. The Kier molecular flexibility index (Phi) is 8.61. The van der Waals surface area contributed by atoms with E-state index in [1.165, 1.54) is 4.90 Å². The summed E-state index contributed by atoms with van der Waals surface area (Å²) in [5.41, 5.74) is 4.25. The molecule has 0 bridgehead atoms. The molecule has 0 saturated carbocycles. The van der Waals surface area contributed by atoms with Gasteiger partial charge in [-0.15, -0.1) is 0 Å². The molecule has 1 heterocycles. The van der Waals surface area contributed by atoms with E-state index in [2.05, 4.69) is 29.5 Å². The van der Waals surface area contributed by atoms with Crippen LogP contribution in [0.5, 0.6) is 0 Å². The Morgan fingerprint density at radius 3 is 2.47 bits per heavy atom. The Bertz CT molecular complexity index is 1100. The second-order valence-electron chi connectivity index (χ2n) is 10.9. The van der Waals surface area contributed by atoms with Crippen molar-refractivity contribution in [2.45, 2.75) is 78.5 Å². The van der Waals surface area contributed by atoms with Crippen molar-refractivity contribution in [3.63, 3.8) is 0 Å². The number of nitrogens with one attached hydrogen (secondary N) is 3. The zero-order valence-corrected chi connectivity index (χ0v) is 22.3. The van der Waals surface area contributed by atoms with E-state index in [4.69, 9.17) is 0 Å². The molecule has 4 N–H and O–H groups in total. The topological polar surface area (TPSA) is 115 Å². The first-order chi connectivity index (χ1) is 16.9. The van der Waals surface area contributed by atoms with Gasteiger partial charge in [0.25, 0.3) is 11.8 Å². The van der Waals surface area contributed by atoms with Crippen molar-refractivity contribution >= 4 is 17.7 Å². The number of carbonyl (C=O) groups excluding carboxylic acids is 3. The van der Waals surface area contributed by atoms with Gasteiger partial charge in [-0.3, -0.25) is 14.4 Å². The third-order valence-electron chi connectivity index (χ3n) is 6.88. The van der Waals surface area contributed by atoms with Crippen molar-refractivity contribution < 1.29 is 19.5 Å². The Balaban J connectivity index is 1.68. The maximum Gasteiger partial charge on any atom is 0.268 e. The van der Waals surface area contributed by atoms with E-state index in [1.807, 2.05) is 26.0 Å². The van der Waals surface area contributed by atoms with Crippen molar-refractivity contribution in [1.29, 1.82) is 0 Å². The van der Waals surface area contributed by atoms with Crippen molar-refractivity contribution in [3.8, 4) is 0 Å². The van der Waals surface area contributed by atoms with Gasteiger partial charge in [-0.25, -0.2) is 0 Å². The first kappa shape index (κ1) is 27.5. The van der Waals surface area contributed by atoms with E-state index in [9.17, 15) is 19.5 Å². The Morgan fingerprint density at radius 1 is 1.19 bits per heavy atom. The lowest BCUT2D eigenvalue weighted by Gasteiger charge is -2.33. The van der Waals surface area contributed by atoms with Gasteiger partial charge in [0.05, 0.1) is 6.10 Å². The van der Waals surface area contributed by atoms with E-state index < -0.39 is 12.1 Å². The van der Waals surface area contributed by atoms with Crippen LogP contribution in [0.3, 0.4) is 0 Å². The number of aromatic amines is 1. The van der Waals surface area contributed by atoms with Crippen LogP contribution in [0.15, 0.2) is 24.3 Å². The van der Waals surface area contributed by atoms with Crippen molar-refractivity contribution in [3.05, 3.63) is 57.9 Å². The number of aromatic nitrogens is 1. The Morgan fingerprint density at radius 2 is 1.86 bits per heavy atom. The van der Waals surface area contributed by atoms with Crippen LogP contribution in [0.2, 0.25) is 0 Å². The van der Waals surface area contributed by atoms with Crippen molar-refractivity contribution in [1.82, 2.24) is 20.5 Å². The van der Waals surface area contributed by atoms with E-state index >= 15 is 0 Å². The number of hydrogen-bond donors (Lipinski definition) is 4. The molecule has 36 heavy (non-hydrogen) atoms. The minimum absolute atomic E-state index is 0.0566. The normalized spacial score (nSPS) is 17.1. The molecule has 3 amide bonds. The van der Waals surface area contributed by atoms with Gasteiger partial charge < -0.3 is 25.6 Å². The summed E-state index contributed by atoms with van der Waals surface area (Å²) < 4.78 is 0. The second-order valence-corrected chi connectivity index (χ2v) is 10.9. The molecule has 8 heteroatoms. The molecule has 1 aliphatic carbocycles. The SMILES string of the molecule is CCCCC(NC(=O)c1[nH]c2c(c1C)C(O)CC(C)(C)C2)C(=O)NCc1ccc(C(=O)N(C)C)cc1. The van der Waals surface area contributed by atoms with Crippen LogP contribution < -0.4 is 10.6 Å². The number of fused-ring (bicyclic) bond motifs is 1. The quantitative estimate of drug-likeness (QED) is 0.424. The molecular weight excluding hydrogens is 456 g/mol. The molecule has 196 valence electrons. The molecule has 2 aromatic rings. The lowest BCUT2D eigenvalue weighted by atomic mass is 9.75. The van der Waals surface area contributed by atoms with Crippen LogP contribution in [0.1, 0.15) is 95.8 Å². The fourth-order valence-corrected chi connectivity index (χ4v) is 4.91. The number of H-pyrrole nitrogens is 1. The van der Waals surface area contributed by atoms with Crippen LogP contribution in [0, 0.1) is 12.3 Å². The van der Waals surface area contributed by atoms with E-state index in [-0.39, 0.29) is 23.1 Å². The number of rotatable bonds is 9. The monoisotopic (exact) mass is 496 g/mol. The summed E-state index contributed by atoms with van der Waals surface area (Å²) in [4.78, 5) is 43.1. The van der Waals surface area contributed by atoms with E-state index in [1.54, 1.807) is 26.2 Å². The predicted octanol–water partition coefficient (Wildman–Crippen LogP) is 3.64. The summed E-state index contributed by atoms with van der Waals surface area (Å²) in [6.45, 7) is 8.39. The average Bonchev–Trinajstić information content (AvgIpc) is 3.14. The highest BCUT2D eigenvalue weighted by Crippen LogP contribution is 2.42. The van der Waals surface area contributed by atoms with Crippen LogP contribution in [-0.2, 0) is 17.8 Å². The lowest BCUT2D eigenvalue weighted by Crippen LogP contribution is -2.46. The number of carbonyl (C=O) groups is 3. The Labute approximate surface area is 213 Å². The molecule has 0 spiro atoms. The van der Waals surface area contributed by atoms with Gasteiger partial charge in [-0.05, 0) is 54.9 Å². The fourth-order valence-electron chi connectivity index (χ4n) is 4.91. The van der Waals surface area contributed by atoms with Gasteiger partial charge in [-0.2, -0.15) is 0 Å². The van der Waals surface area contributed by atoms with Gasteiger partial charge in [0.1, 0.15) is 11.7 Å². The summed E-state index contributed by atoms with van der Waals surface area (Å²) in [6, 6.07) is 6.44. The average molecular weight is 497 g/mol. The largest absolute Gasteiger partial charge is 0.388 e. The van der Waals surface area contributed by atoms with Gasteiger partial charge in [0, 0.05) is 37.5 Å². The van der Waals surface area contributed by atoms with Crippen LogP contribution in [0.4, 0.5) is 0 Å². The number of unbranched alkanes of at least 4 members (excludes halogenated alkanes) is 1. The zero-order chi connectivity index (χ0) is 26.6. The number of benzene rings is 1. The summed E-state index contributed by atoms with van der Waals surface area (Å²) in [5.74, 6) is -0.666. The highest BCUT2D eigenvalue weighted by molar-refractivity contribution is 5.98. The molecule has 0 fully saturated rings. The van der Waals surface area contributed by atoms with Gasteiger partial charge in [0.15, 0.2) is 0 Å². The second kappa shape index (κ2) is 11.3. The molecule has 0 radical (unpaired) electrons. The molecule has 2 unspecified atom stereocenters. The zero-order valence-electron chi connectivity index (χ0n) is 22.3. The van der Waals surface area contributed by atoms with Crippen LogP contribution >= 0.6 is 0 Å². The number of amides is 3. The maximum absolute atomic E-state index is 13.2. The van der Waals surface area contributed by atoms with Gasteiger partial charge in [-0.1, -0.05) is 45.7 Å². The third kappa shape index (κ3) is 6.35. The molecule has 0 saturated heterocycles. The predicted molar refractivity (Wildman–Crippen MR) is 140 cm³/mol. The van der Waals surface area contributed by atoms with Crippen LogP contribution in [0.25, 0.3) is 0 Å². The third-order valence-corrected chi connectivity index (χ3v) is 6.88. The molecule has 1 aliphatic rings. The van der Waals surface area contributed by atoms with Crippen molar-refractivity contribution in [2.75, 3.05) is 14.1 Å². The summed E-state index contributed by atoms with van der Waals surface area (Å²) in [7, 11) is 3.40. The Hall–Kier alpha value is -3.13. The summed E-state index contributed by atoms with van der Waals surface area (Å²) >= 11 is 0. The number of aliphatic hydroxyl groups excluding tert-OH is 1. The van der Waals surface area contributed by atoms with Crippen LogP contribution in [-0.4, -0.2) is 52.8 Å². The molecule has 8 nitrogen and oxygen atoms in total. The van der Waals surface area contributed by atoms with E-state index in [0.29, 0.717) is 30.6 Å². The smallest absolute Gasteiger partial charge is 0.268 e. The lowest BCUT2D eigenvalue weighted by molar-refractivity contribution is -0.123. The standard InChI is InChI=1S/C28H40N4O4/c1-7-8-9-20(25(34)29-16-18-10-12-19(13-11-18)27(36)32(5)6)31-26(35)24-17(2)23-21(30-24)14-28(3,4)15-22(23)33/h10-13,20,22,30,33H,7-9,14-16H2,1-6H3,(H,29,34)(H,31,35). The highest BCUT2D eigenvalue weighted by Gasteiger charge is 2.35. The molecule has 2 atom stereocenters. The minimum atomic E-state index is -0.673. The molecular formula is C28H40N4O4. The maximum atomic E-state index is 13.2. The van der Waals surface area contributed by atoms with Crippen molar-refractivity contribution in [2.24, 2.45) is 5.41 Å². The number of nitrogens with zero attached hydrogens (tertiary/aromatic N) is 1. The first-order valence-corrected chi connectivity index (χ1v) is 12.7.